The first-order valence-electron chi connectivity index (χ1n) is 6.07. The largest absolute Gasteiger partial charge is 0.398 e. The molecule has 5 heteroatoms. The Balaban J connectivity index is 2.34. The Bertz CT molecular complexity index is 468. The predicted octanol–water partition coefficient (Wildman–Crippen LogP) is 1.32. The maximum Gasteiger partial charge on any atom is 0.253 e. The second-order valence-electron chi connectivity index (χ2n) is 4.87. The molecule has 2 rings (SSSR count). The molecule has 1 heterocycles. The number of amides is 1. The Morgan fingerprint density at radius 3 is 2.56 bits per heavy atom. The molecule has 0 atom stereocenters. The van der Waals surface area contributed by atoms with E-state index in [4.69, 9.17) is 11.5 Å². The molecule has 0 radical (unpaired) electrons. The van der Waals surface area contributed by atoms with E-state index in [1.54, 1.807) is 12.1 Å². The van der Waals surface area contributed by atoms with Crippen molar-refractivity contribution in [1.82, 2.24) is 4.90 Å². The van der Waals surface area contributed by atoms with Gasteiger partial charge in [0, 0.05) is 5.69 Å². The maximum absolute atomic E-state index is 14.3. The van der Waals surface area contributed by atoms with Gasteiger partial charge in [-0.05, 0) is 50.5 Å². The summed E-state index contributed by atoms with van der Waals surface area (Å²) >= 11 is 0. The van der Waals surface area contributed by atoms with Gasteiger partial charge in [0.05, 0.1) is 5.56 Å². The van der Waals surface area contributed by atoms with E-state index in [2.05, 4.69) is 4.90 Å². The summed E-state index contributed by atoms with van der Waals surface area (Å²) in [4.78, 5) is 13.4. The molecule has 1 amide bonds. The lowest BCUT2D eigenvalue weighted by atomic mass is 9.88. The third kappa shape index (κ3) is 2.31. The fraction of sp³-hybridized carbons (Fsp3) is 0.462. The van der Waals surface area contributed by atoms with Gasteiger partial charge in [-0.25, -0.2) is 4.39 Å². The van der Waals surface area contributed by atoms with Gasteiger partial charge in [0.25, 0.3) is 5.91 Å². The average Bonchev–Trinajstić information content (AvgIpc) is 2.30. The van der Waals surface area contributed by atoms with Crippen molar-refractivity contribution < 1.29 is 9.18 Å². The Morgan fingerprint density at radius 2 is 2.00 bits per heavy atom. The zero-order valence-corrected chi connectivity index (χ0v) is 10.4. The van der Waals surface area contributed by atoms with Crippen LogP contribution in [0.15, 0.2) is 12.1 Å². The van der Waals surface area contributed by atoms with Gasteiger partial charge in [0.2, 0.25) is 0 Å². The highest BCUT2D eigenvalue weighted by molar-refractivity contribution is 5.98. The van der Waals surface area contributed by atoms with E-state index < -0.39 is 11.7 Å². The van der Waals surface area contributed by atoms with Gasteiger partial charge in [-0.15, -0.1) is 0 Å². The number of hydrogen-bond donors (Lipinski definition) is 2. The number of anilines is 1. The molecule has 1 aliphatic rings. The molecule has 4 N–H and O–H groups in total. The molecule has 1 aliphatic heterocycles. The van der Waals surface area contributed by atoms with E-state index >= 15 is 0 Å². The van der Waals surface area contributed by atoms with Gasteiger partial charge in [0.15, 0.2) is 0 Å². The molecule has 1 aromatic rings. The van der Waals surface area contributed by atoms with E-state index in [1.165, 1.54) is 0 Å². The van der Waals surface area contributed by atoms with Crippen LogP contribution in [0.5, 0.6) is 0 Å². The molecule has 18 heavy (non-hydrogen) atoms. The van der Waals surface area contributed by atoms with Crippen molar-refractivity contribution in [2.24, 2.45) is 5.73 Å². The molecule has 0 aromatic heterocycles. The number of halogens is 1. The topological polar surface area (TPSA) is 72.3 Å². The lowest BCUT2D eigenvalue weighted by molar-refractivity contribution is 0.0997. The highest BCUT2D eigenvalue weighted by atomic mass is 19.1. The van der Waals surface area contributed by atoms with Crippen LogP contribution in [0.4, 0.5) is 10.1 Å². The highest BCUT2D eigenvalue weighted by Gasteiger charge is 2.24. The summed E-state index contributed by atoms with van der Waals surface area (Å²) in [5, 5.41) is 0. The summed E-state index contributed by atoms with van der Waals surface area (Å²) in [6, 6.07) is 3.24. The van der Waals surface area contributed by atoms with Crippen LogP contribution in [0.3, 0.4) is 0 Å². The van der Waals surface area contributed by atoms with Crippen molar-refractivity contribution in [3.63, 3.8) is 0 Å². The summed E-state index contributed by atoms with van der Waals surface area (Å²) in [5.74, 6) is -1.21. The zero-order valence-electron chi connectivity index (χ0n) is 10.4. The van der Waals surface area contributed by atoms with Crippen molar-refractivity contribution in [2.75, 3.05) is 25.9 Å². The molecule has 0 aliphatic carbocycles. The van der Waals surface area contributed by atoms with E-state index in [-0.39, 0.29) is 17.2 Å². The number of primary amides is 1. The predicted molar refractivity (Wildman–Crippen MR) is 68.8 cm³/mol. The first-order chi connectivity index (χ1) is 8.50. The third-order valence-corrected chi connectivity index (χ3v) is 3.61. The van der Waals surface area contributed by atoms with Crippen LogP contribution < -0.4 is 11.5 Å². The van der Waals surface area contributed by atoms with E-state index in [9.17, 15) is 9.18 Å². The van der Waals surface area contributed by atoms with Crippen LogP contribution in [0, 0.1) is 5.82 Å². The monoisotopic (exact) mass is 251 g/mol. The normalized spacial score (nSPS) is 17.9. The quantitative estimate of drug-likeness (QED) is 0.778. The van der Waals surface area contributed by atoms with Crippen LogP contribution >= 0.6 is 0 Å². The van der Waals surface area contributed by atoms with Crippen LogP contribution in [-0.2, 0) is 0 Å². The van der Waals surface area contributed by atoms with E-state index in [0.717, 1.165) is 25.9 Å². The van der Waals surface area contributed by atoms with E-state index in [0.29, 0.717) is 5.56 Å². The maximum atomic E-state index is 14.3. The minimum absolute atomic E-state index is 0.108. The Kier molecular flexibility index (Phi) is 3.52. The fourth-order valence-electron chi connectivity index (χ4n) is 2.49. The molecular weight excluding hydrogens is 233 g/mol. The van der Waals surface area contributed by atoms with E-state index in [1.807, 2.05) is 7.05 Å². The number of nitrogen functional groups attached to an aromatic ring is 1. The van der Waals surface area contributed by atoms with Gasteiger partial charge < -0.3 is 16.4 Å². The average molecular weight is 251 g/mol. The van der Waals surface area contributed by atoms with Crippen molar-refractivity contribution in [1.29, 1.82) is 0 Å². The summed E-state index contributed by atoms with van der Waals surface area (Å²) in [6.45, 7) is 1.86. The molecule has 0 unspecified atom stereocenters. The van der Waals surface area contributed by atoms with Gasteiger partial charge >= 0.3 is 0 Å². The van der Waals surface area contributed by atoms with Gasteiger partial charge in [-0.1, -0.05) is 6.07 Å². The van der Waals surface area contributed by atoms with Crippen molar-refractivity contribution >= 4 is 11.6 Å². The second kappa shape index (κ2) is 4.94. The van der Waals surface area contributed by atoms with Gasteiger partial charge in [0.1, 0.15) is 5.82 Å². The molecular formula is C13H18FN3O. The molecule has 1 saturated heterocycles. The van der Waals surface area contributed by atoms with Crippen molar-refractivity contribution in [3.8, 4) is 0 Å². The smallest absolute Gasteiger partial charge is 0.253 e. The zero-order chi connectivity index (χ0) is 13.3. The number of hydrogen-bond acceptors (Lipinski definition) is 3. The van der Waals surface area contributed by atoms with Gasteiger partial charge in [-0.2, -0.15) is 0 Å². The summed E-state index contributed by atoms with van der Waals surface area (Å²) in [5.41, 5.74) is 11.3. The standard InChI is InChI=1S/C13H18FN3O/c1-17-6-4-8(5-7-17)9-2-3-10(15)11(12(9)14)13(16)18/h2-3,8H,4-7,15H2,1H3,(H2,16,18). The lowest BCUT2D eigenvalue weighted by Gasteiger charge is -2.29. The second-order valence-corrected chi connectivity index (χ2v) is 4.87. The first kappa shape index (κ1) is 12.8. The molecule has 0 saturated carbocycles. The summed E-state index contributed by atoms with van der Waals surface area (Å²) < 4.78 is 14.3. The lowest BCUT2D eigenvalue weighted by Crippen LogP contribution is -2.30. The number of carbonyl (C=O) groups excluding carboxylic acids is 1. The number of nitrogens with two attached hydrogens (primary N) is 2. The van der Waals surface area contributed by atoms with Crippen LogP contribution in [0.25, 0.3) is 0 Å². The fourth-order valence-corrected chi connectivity index (χ4v) is 2.49. The number of benzene rings is 1. The minimum atomic E-state index is -0.806. The molecule has 4 nitrogen and oxygen atoms in total. The van der Waals surface area contributed by atoms with Crippen molar-refractivity contribution in [3.05, 3.63) is 29.1 Å². The third-order valence-electron chi connectivity index (χ3n) is 3.61. The number of rotatable bonds is 2. The number of carbonyl (C=O) groups is 1. The van der Waals surface area contributed by atoms with Crippen LogP contribution in [0.1, 0.15) is 34.7 Å². The first-order valence-corrected chi connectivity index (χ1v) is 6.07. The summed E-state index contributed by atoms with van der Waals surface area (Å²) in [6.07, 6.45) is 1.77. The Morgan fingerprint density at radius 1 is 1.39 bits per heavy atom. The molecule has 1 aromatic carbocycles. The van der Waals surface area contributed by atoms with Crippen LogP contribution in [-0.4, -0.2) is 30.9 Å². The van der Waals surface area contributed by atoms with Crippen molar-refractivity contribution in [2.45, 2.75) is 18.8 Å². The number of nitrogens with zero attached hydrogens (tertiary/aromatic N) is 1. The minimum Gasteiger partial charge on any atom is -0.398 e. The Hall–Kier alpha value is -1.62. The number of piperidine rings is 1. The summed E-state index contributed by atoms with van der Waals surface area (Å²) in [7, 11) is 2.05. The molecule has 0 spiro atoms. The molecule has 0 bridgehead atoms. The highest BCUT2D eigenvalue weighted by Crippen LogP contribution is 2.32. The van der Waals surface area contributed by atoms with Gasteiger partial charge in [-0.3, -0.25) is 4.79 Å². The van der Waals surface area contributed by atoms with Crippen LogP contribution in [0.2, 0.25) is 0 Å². The number of likely N-dealkylation sites (tertiary alicyclic amines) is 1. The Labute approximate surface area is 106 Å². The molecule has 98 valence electrons. The molecule has 1 fully saturated rings. The SMILES string of the molecule is CN1CCC(c2ccc(N)c(C(N)=O)c2F)CC1.